The highest BCUT2D eigenvalue weighted by Crippen LogP contribution is 2.27. The molecule has 0 N–H and O–H groups in total. The number of anilines is 1. The summed E-state index contributed by atoms with van der Waals surface area (Å²) in [5.74, 6) is -0.0603. The van der Waals surface area contributed by atoms with E-state index in [4.69, 9.17) is 4.74 Å². The zero-order valence-corrected chi connectivity index (χ0v) is 16.2. The monoisotopic (exact) mass is 377 g/mol. The van der Waals surface area contributed by atoms with E-state index in [1.807, 2.05) is 26.8 Å². The van der Waals surface area contributed by atoms with Gasteiger partial charge in [-0.2, -0.15) is 0 Å². The first-order valence-corrected chi connectivity index (χ1v) is 9.63. The number of hydrogen-bond acceptors (Lipinski definition) is 5. The molecule has 0 spiro atoms. The molecular formula is C19H23NO5S. The van der Waals surface area contributed by atoms with E-state index < -0.39 is 22.5 Å². The van der Waals surface area contributed by atoms with Gasteiger partial charge in [-0.15, -0.1) is 0 Å². The van der Waals surface area contributed by atoms with Crippen LogP contribution in [0.2, 0.25) is 0 Å². The van der Waals surface area contributed by atoms with Crippen LogP contribution < -0.4 is 9.04 Å². The highest BCUT2D eigenvalue weighted by molar-refractivity contribution is 7.92. The summed E-state index contributed by atoms with van der Waals surface area (Å²) in [5.41, 5.74) is 2.37. The fraction of sp³-hybridized carbons (Fsp3) is 0.316. The zero-order valence-electron chi connectivity index (χ0n) is 15.4. The molecule has 2 aromatic carbocycles. The maximum atomic E-state index is 13.1. The number of methoxy groups -OCH3 is 1. The van der Waals surface area contributed by atoms with E-state index in [1.54, 1.807) is 24.3 Å². The number of nitrogens with zero attached hydrogens (tertiary/aromatic N) is 1. The first-order valence-electron chi connectivity index (χ1n) is 8.19. The summed E-state index contributed by atoms with van der Waals surface area (Å²) < 4.78 is 37.3. The molecule has 0 aliphatic rings. The Hall–Kier alpha value is -2.54. The minimum atomic E-state index is -3.94. The maximum absolute atomic E-state index is 13.1. The Morgan fingerprint density at radius 1 is 1.04 bits per heavy atom. The Morgan fingerprint density at radius 3 is 2.23 bits per heavy atom. The summed E-state index contributed by atoms with van der Waals surface area (Å²) in [6.07, 6.45) is 0. The van der Waals surface area contributed by atoms with Gasteiger partial charge in [-0.05, 0) is 68.3 Å². The van der Waals surface area contributed by atoms with Gasteiger partial charge in [-0.1, -0.05) is 6.07 Å². The minimum Gasteiger partial charge on any atom is -0.494 e. The Balaban J connectivity index is 2.48. The number of benzene rings is 2. The lowest BCUT2D eigenvalue weighted by Gasteiger charge is -2.24. The highest BCUT2D eigenvalue weighted by atomic mass is 32.2. The van der Waals surface area contributed by atoms with Crippen molar-refractivity contribution in [1.82, 2.24) is 0 Å². The van der Waals surface area contributed by atoms with Gasteiger partial charge in [0.15, 0.2) is 0 Å². The molecule has 140 valence electrons. The second kappa shape index (κ2) is 8.23. The molecule has 0 aliphatic carbocycles. The molecular weight excluding hydrogens is 354 g/mol. The predicted molar refractivity (Wildman–Crippen MR) is 100 cm³/mol. The van der Waals surface area contributed by atoms with Crippen molar-refractivity contribution in [3.63, 3.8) is 0 Å². The minimum absolute atomic E-state index is 0.0723. The molecule has 0 unspecified atom stereocenters. The molecule has 0 amide bonds. The van der Waals surface area contributed by atoms with Crippen molar-refractivity contribution in [1.29, 1.82) is 0 Å². The number of esters is 1. The van der Waals surface area contributed by atoms with E-state index in [0.717, 1.165) is 15.4 Å². The number of sulfonamides is 1. The normalized spacial score (nSPS) is 11.1. The van der Waals surface area contributed by atoms with Crippen molar-refractivity contribution < 1.29 is 22.7 Å². The first kappa shape index (κ1) is 19.8. The number of ether oxygens (including phenoxy) is 2. The number of rotatable bonds is 7. The molecule has 0 saturated carbocycles. The van der Waals surface area contributed by atoms with Gasteiger partial charge in [0.2, 0.25) is 0 Å². The lowest BCUT2D eigenvalue weighted by Crippen LogP contribution is -2.36. The van der Waals surface area contributed by atoms with E-state index in [0.29, 0.717) is 18.0 Å². The molecule has 2 aromatic rings. The highest BCUT2D eigenvalue weighted by Gasteiger charge is 2.27. The van der Waals surface area contributed by atoms with Gasteiger partial charge in [0.1, 0.15) is 12.3 Å². The van der Waals surface area contributed by atoms with Crippen LogP contribution in [0.4, 0.5) is 5.69 Å². The summed E-state index contributed by atoms with van der Waals surface area (Å²) in [6.45, 7) is 5.75. The molecule has 0 aromatic heterocycles. The maximum Gasteiger partial charge on any atom is 0.326 e. The van der Waals surface area contributed by atoms with Gasteiger partial charge in [0.25, 0.3) is 10.0 Å². The van der Waals surface area contributed by atoms with Gasteiger partial charge < -0.3 is 9.47 Å². The number of hydrogen-bond donors (Lipinski definition) is 0. The van der Waals surface area contributed by atoms with Gasteiger partial charge in [-0.3, -0.25) is 9.10 Å². The lowest BCUT2D eigenvalue weighted by molar-refractivity contribution is -0.138. The predicted octanol–water partition coefficient (Wildman–Crippen LogP) is 3.07. The van der Waals surface area contributed by atoms with Crippen molar-refractivity contribution in [3.8, 4) is 5.75 Å². The van der Waals surface area contributed by atoms with Crippen LogP contribution in [-0.2, 0) is 19.6 Å². The SMILES string of the molecule is CCOc1ccc(S(=O)(=O)N(CC(=O)OC)c2ccc(C)c(C)c2)cc1. The summed E-state index contributed by atoms with van der Waals surface area (Å²) in [7, 11) is -2.72. The van der Waals surface area contributed by atoms with E-state index in [-0.39, 0.29) is 4.90 Å². The van der Waals surface area contributed by atoms with E-state index >= 15 is 0 Å². The molecule has 0 aliphatic heterocycles. The second-order valence-electron chi connectivity index (χ2n) is 5.76. The average molecular weight is 377 g/mol. The fourth-order valence-corrected chi connectivity index (χ4v) is 3.78. The lowest BCUT2D eigenvalue weighted by atomic mass is 10.1. The van der Waals surface area contributed by atoms with Crippen LogP contribution in [-0.4, -0.2) is 34.6 Å². The van der Waals surface area contributed by atoms with Gasteiger partial charge in [-0.25, -0.2) is 8.42 Å². The van der Waals surface area contributed by atoms with E-state index in [1.165, 1.54) is 19.2 Å². The molecule has 0 heterocycles. The van der Waals surface area contributed by atoms with Crippen LogP contribution in [0.3, 0.4) is 0 Å². The molecule has 26 heavy (non-hydrogen) atoms. The topological polar surface area (TPSA) is 72.9 Å². The number of carbonyl (C=O) groups excluding carboxylic acids is 1. The Kier molecular flexibility index (Phi) is 6.26. The molecule has 0 fully saturated rings. The van der Waals surface area contributed by atoms with Gasteiger partial charge >= 0.3 is 5.97 Å². The van der Waals surface area contributed by atoms with E-state index in [9.17, 15) is 13.2 Å². The average Bonchev–Trinajstić information content (AvgIpc) is 2.62. The van der Waals surface area contributed by atoms with Crippen LogP contribution in [0, 0.1) is 13.8 Å². The van der Waals surface area contributed by atoms with Crippen molar-refractivity contribution >= 4 is 21.7 Å². The fourth-order valence-electron chi connectivity index (χ4n) is 2.38. The Bertz CT molecular complexity index is 875. The van der Waals surface area contributed by atoms with Crippen molar-refractivity contribution in [2.24, 2.45) is 0 Å². The van der Waals surface area contributed by atoms with Crippen LogP contribution >= 0.6 is 0 Å². The summed E-state index contributed by atoms with van der Waals surface area (Å²) in [4.78, 5) is 11.9. The molecule has 2 rings (SSSR count). The molecule has 6 nitrogen and oxygen atoms in total. The van der Waals surface area contributed by atoms with Crippen molar-refractivity contribution in [2.45, 2.75) is 25.7 Å². The first-order chi connectivity index (χ1) is 12.3. The third kappa shape index (κ3) is 4.35. The quantitative estimate of drug-likeness (QED) is 0.694. The van der Waals surface area contributed by atoms with Gasteiger partial charge in [0.05, 0.1) is 24.3 Å². The summed E-state index contributed by atoms with van der Waals surface area (Å²) in [5, 5.41) is 0. The zero-order chi connectivity index (χ0) is 19.3. The molecule has 7 heteroatoms. The Labute approximate surface area is 154 Å². The number of aryl methyl sites for hydroxylation is 2. The van der Waals surface area contributed by atoms with Crippen molar-refractivity contribution in [2.75, 3.05) is 24.6 Å². The molecule has 0 atom stereocenters. The molecule has 0 radical (unpaired) electrons. The number of carbonyl (C=O) groups is 1. The van der Waals surface area contributed by atoms with Crippen LogP contribution in [0.15, 0.2) is 47.4 Å². The van der Waals surface area contributed by atoms with Crippen LogP contribution in [0.1, 0.15) is 18.1 Å². The smallest absolute Gasteiger partial charge is 0.326 e. The third-order valence-electron chi connectivity index (χ3n) is 4.00. The summed E-state index contributed by atoms with van der Waals surface area (Å²) >= 11 is 0. The standard InChI is InChI=1S/C19H23NO5S/c1-5-25-17-8-10-18(11-9-17)26(22,23)20(13-19(21)24-4)16-7-6-14(2)15(3)12-16/h6-12H,5,13H2,1-4H3. The molecule has 0 bridgehead atoms. The van der Waals surface area contributed by atoms with Crippen LogP contribution in [0.5, 0.6) is 5.75 Å². The largest absolute Gasteiger partial charge is 0.494 e. The summed E-state index contributed by atoms with van der Waals surface area (Å²) in [6, 6.07) is 11.3. The van der Waals surface area contributed by atoms with Crippen molar-refractivity contribution in [3.05, 3.63) is 53.6 Å². The second-order valence-corrected chi connectivity index (χ2v) is 7.62. The van der Waals surface area contributed by atoms with Crippen LogP contribution in [0.25, 0.3) is 0 Å². The van der Waals surface area contributed by atoms with E-state index in [2.05, 4.69) is 4.74 Å². The molecule has 0 saturated heterocycles. The van der Waals surface area contributed by atoms with Gasteiger partial charge in [0, 0.05) is 0 Å². The Morgan fingerprint density at radius 2 is 1.69 bits per heavy atom. The third-order valence-corrected chi connectivity index (χ3v) is 5.79.